The summed E-state index contributed by atoms with van der Waals surface area (Å²) in [6.45, 7) is 0.380. The molecule has 2 unspecified atom stereocenters. The van der Waals surface area contributed by atoms with E-state index in [1.165, 1.54) is 6.07 Å². The van der Waals surface area contributed by atoms with Crippen LogP contribution >= 0.6 is 0 Å². The first kappa shape index (κ1) is 16.6. The standard InChI is InChI=1S/C18H19FN2O2S/c1-24(23)13-7-5-12(6-8-13)11-20-18(22)21-17-10-9-14-15(17)3-2-4-16(14)19/h2-8,17H,9-11H2,1H3,(H2,20,21,22). The molecule has 2 amide bonds. The Bertz CT molecular complexity index is 777. The molecule has 0 saturated heterocycles. The zero-order valence-corrected chi connectivity index (χ0v) is 14.2. The maximum absolute atomic E-state index is 13.7. The highest BCUT2D eigenvalue weighted by Crippen LogP contribution is 2.32. The van der Waals surface area contributed by atoms with Crippen molar-refractivity contribution in [2.45, 2.75) is 30.3 Å². The third-order valence-electron chi connectivity index (χ3n) is 4.23. The van der Waals surface area contributed by atoms with E-state index >= 15 is 0 Å². The molecule has 4 nitrogen and oxygen atoms in total. The van der Waals surface area contributed by atoms with E-state index < -0.39 is 10.8 Å². The quantitative estimate of drug-likeness (QED) is 0.894. The van der Waals surface area contributed by atoms with Crippen LogP contribution in [-0.2, 0) is 23.8 Å². The summed E-state index contributed by atoms with van der Waals surface area (Å²) in [7, 11) is -1.01. The monoisotopic (exact) mass is 346 g/mol. The van der Waals surface area contributed by atoms with Gasteiger partial charge < -0.3 is 10.6 Å². The van der Waals surface area contributed by atoms with Gasteiger partial charge in [0.05, 0.1) is 6.04 Å². The average Bonchev–Trinajstić information content (AvgIpc) is 2.98. The van der Waals surface area contributed by atoms with E-state index in [2.05, 4.69) is 10.6 Å². The predicted molar refractivity (Wildman–Crippen MR) is 91.6 cm³/mol. The van der Waals surface area contributed by atoms with Crippen LogP contribution in [0.15, 0.2) is 47.4 Å². The maximum Gasteiger partial charge on any atom is 0.315 e. The molecular weight excluding hydrogens is 327 g/mol. The Labute approximate surface area is 142 Å². The zero-order chi connectivity index (χ0) is 17.1. The minimum absolute atomic E-state index is 0.152. The van der Waals surface area contributed by atoms with Gasteiger partial charge in [-0.15, -0.1) is 0 Å². The summed E-state index contributed by atoms with van der Waals surface area (Å²) in [5, 5.41) is 5.70. The lowest BCUT2D eigenvalue weighted by molar-refractivity contribution is 0.236. The van der Waals surface area contributed by atoms with Gasteiger partial charge in [0.2, 0.25) is 0 Å². The topological polar surface area (TPSA) is 58.2 Å². The van der Waals surface area contributed by atoms with Gasteiger partial charge in [0, 0.05) is 28.5 Å². The van der Waals surface area contributed by atoms with Crippen LogP contribution in [0, 0.1) is 5.82 Å². The van der Waals surface area contributed by atoms with E-state index in [-0.39, 0.29) is 17.9 Å². The molecular formula is C18H19FN2O2S. The van der Waals surface area contributed by atoms with Gasteiger partial charge in [-0.25, -0.2) is 9.18 Å². The first-order valence-corrected chi connectivity index (χ1v) is 9.34. The van der Waals surface area contributed by atoms with Crippen LogP contribution < -0.4 is 10.6 Å². The Balaban J connectivity index is 1.56. The molecule has 0 aliphatic heterocycles. The summed E-state index contributed by atoms with van der Waals surface area (Å²) in [6, 6.07) is 11.8. The number of fused-ring (bicyclic) bond motifs is 1. The van der Waals surface area contributed by atoms with Gasteiger partial charge in [-0.05, 0) is 47.7 Å². The van der Waals surface area contributed by atoms with Gasteiger partial charge in [-0.1, -0.05) is 24.3 Å². The molecule has 2 aromatic rings. The highest BCUT2D eigenvalue weighted by Gasteiger charge is 2.25. The van der Waals surface area contributed by atoms with Crippen molar-refractivity contribution in [1.82, 2.24) is 10.6 Å². The van der Waals surface area contributed by atoms with E-state index in [1.807, 2.05) is 18.2 Å². The van der Waals surface area contributed by atoms with E-state index in [1.54, 1.807) is 24.5 Å². The summed E-state index contributed by atoms with van der Waals surface area (Å²) >= 11 is 0. The van der Waals surface area contributed by atoms with E-state index in [4.69, 9.17) is 0 Å². The molecule has 24 heavy (non-hydrogen) atoms. The van der Waals surface area contributed by atoms with Gasteiger partial charge in [-0.2, -0.15) is 0 Å². The number of carbonyl (C=O) groups is 1. The fraction of sp³-hybridized carbons (Fsp3) is 0.278. The second-order valence-electron chi connectivity index (χ2n) is 5.82. The molecule has 126 valence electrons. The number of urea groups is 1. The number of hydrogen-bond donors (Lipinski definition) is 2. The van der Waals surface area contributed by atoms with Gasteiger partial charge in [-0.3, -0.25) is 4.21 Å². The molecule has 0 spiro atoms. The molecule has 6 heteroatoms. The van der Waals surface area contributed by atoms with Gasteiger partial charge >= 0.3 is 6.03 Å². The van der Waals surface area contributed by atoms with E-state index in [0.29, 0.717) is 24.9 Å². The molecule has 0 aromatic heterocycles. The lowest BCUT2D eigenvalue weighted by Crippen LogP contribution is -2.36. The van der Waals surface area contributed by atoms with Crippen LogP contribution in [0.5, 0.6) is 0 Å². The first-order valence-electron chi connectivity index (χ1n) is 7.78. The Morgan fingerprint density at radius 2 is 2.00 bits per heavy atom. The summed E-state index contributed by atoms with van der Waals surface area (Å²) < 4.78 is 25.1. The summed E-state index contributed by atoms with van der Waals surface area (Å²) in [5.74, 6) is -0.203. The van der Waals surface area contributed by atoms with Gasteiger partial charge in [0.1, 0.15) is 5.82 Å². The van der Waals surface area contributed by atoms with E-state index in [0.717, 1.165) is 16.0 Å². The van der Waals surface area contributed by atoms with Crippen molar-refractivity contribution in [1.29, 1.82) is 0 Å². The summed E-state index contributed by atoms with van der Waals surface area (Å²) in [5.41, 5.74) is 2.49. The minimum atomic E-state index is -1.01. The number of amides is 2. The minimum Gasteiger partial charge on any atom is -0.334 e. The Hall–Kier alpha value is -2.21. The van der Waals surface area contributed by atoms with Crippen LogP contribution in [0.3, 0.4) is 0 Å². The van der Waals surface area contributed by atoms with Crippen LogP contribution in [0.4, 0.5) is 9.18 Å². The van der Waals surface area contributed by atoms with Crippen molar-refractivity contribution in [3.8, 4) is 0 Å². The lowest BCUT2D eigenvalue weighted by Gasteiger charge is -2.15. The SMILES string of the molecule is CS(=O)c1ccc(CNC(=O)NC2CCc3c(F)cccc32)cc1. The number of halogens is 1. The van der Waals surface area contributed by atoms with Crippen LogP contribution in [-0.4, -0.2) is 16.5 Å². The second kappa shape index (κ2) is 7.13. The third-order valence-corrected chi connectivity index (χ3v) is 5.16. The third kappa shape index (κ3) is 3.64. The molecule has 0 radical (unpaired) electrons. The molecule has 0 bridgehead atoms. The molecule has 1 aliphatic rings. The molecule has 3 rings (SSSR count). The van der Waals surface area contributed by atoms with E-state index in [9.17, 15) is 13.4 Å². The molecule has 2 aromatic carbocycles. The maximum atomic E-state index is 13.7. The van der Waals surface area contributed by atoms with Crippen molar-refractivity contribution >= 4 is 16.8 Å². The summed E-state index contributed by atoms with van der Waals surface area (Å²) in [4.78, 5) is 12.8. The fourth-order valence-corrected chi connectivity index (χ4v) is 3.47. The average molecular weight is 346 g/mol. The highest BCUT2D eigenvalue weighted by molar-refractivity contribution is 7.84. The largest absolute Gasteiger partial charge is 0.334 e. The fourth-order valence-electron chi connectivity index (χ4n) is 2.95. The number of hydrogen-bond acceptors (Lipinski definition) is 2. The normalized spacial score (nSPS) is 17.2. The number of rotatable bonds is 4. The highest BCUT2D eigenvalue weighted by atomic mass is 32.2. The van der Waals surface area contributed by atoms with Gasteiger partial charge in [0.15, 0.2) is 0 Å². The van der Waals surface area contributed by atoms with Gasteiger partial charge in [0.25, 0.3) is 0 Å². The first-order chi connectivity index (χ1) is 11.5. The zero-order valence-electron chi connectivity index (χ0n) is 13.3. The summed E-state index contributed by atoms with van der Waals surface area (Å²) in [6.07, 6.45) is 2.98. The van der Waals surface area contributed by atoms with Crippen molar-refractivity contribution in [3.05, 3.63) is 65.0 Å². The predicted octanol–water partition coefficient (Wildman–Crippen LogP) is 3.05. The molecule has 0 heterocycles. The van der Waals surface area contributed by atoms with Crippen LogP contribution in [0.2, 0.25) is 0 Å². The second-order valence-corrected chi connectivity index (χ2v) is 7.20. The Morgan fingerprint density at radius 1 is 1.25 bits per heavy atom. The molecule has 2 N–H and O–H groups in total. The number of nitrogens with one attached hydrogen (secondary N) is 2. The smallest absolute Gasteiger partial charge is 0.315 e. The Morgan fingerprint density at radius 3 is 2.71 bits per heavy atom. The van der Waals surface area contributed by atoms with Crippen molar-refractivity contribution in [3.63, 3.8) is 0 Å². The Kier molecular flexibility index (Phi) is 4.94. The molecule has 2 atom stereocenters. The molecule has 1 aliphatic carbocycles. The number of benzene rings is 2. The van der Waals surface area contributed by atoms with Crippen molar-refractivity contribution in [2.75, 3.05) is 6.26 Å². The van der Waals surface area contributed by atoms with Crippen LogP contribution in [0.1, 0.15) is 29.2 Å². The molecule has 0 fully saturated rings. The van der Waals surface area contributed by atoms with Crippen molar-refractivity contribution in [2.24, 2.45) is 0 Å². The van der Waals surface area contributed by atoms with Crippen molar-refractivity contribution < 1.29 is 13.4 Å². The number of carbonyl (C=O) groups excluding carboxylic acids is 1. The lowest BCUT2D eigenvalue weighted by atomic mass is 10.1. The molecule has 0 saturated carbocycles. The van der Waals surface area contributed by atoms with Crippen LogP contribution in [0.25, 0.3) is 0 Å².